The minimum Gasteiger partial charge on any atom is -0.399 e. The zero-order chi connectivity index (χ0) is 14.7. The predicted octanol–water partition coefficient (Wildman–Crippen LogP) is 4.07. The van der Waals surface area contributed by atoms with E-state index in [0.717, 1.165) is 5.56 Å². The molecule has 0 aliphatic heterocycles. The smallest absolute Gasteiger partial charge is 0.251 e. The second-order valence-electron chi connectivity index (χ2n) is 4.49. The first-order valence-corrected chi connectivity index (χ1v) is 6.84. The molecule has 2 rings (SSSR count). The van der Waals surface area contributed by atoms with E-state index < -0.39 is 0 Å². The van der Waals surface area contributed by atoms with Crippen molar-refractivity contribution in [2.75, 3.05) is 5.73 Å². The normalized spacial score (nSPS) is 11.9. The van der Waals surface area contributed by atoms with Crippen molar-refractivity contribution >= 4 is 34.8 Å². The van der Waals surface area contributed by atoms with Crippen LogP contribution in [0.2, 0.25) is 10.0 Å². The van der Waals surface area contributed by atoms with Gasteiger partial charge in [0.25, 0.3) is 5.91 Å². The van der Waals surface area contributed by atoms with Gasteiger partial charge in [0.05, 0.1) is 16.1 Å². The highest BCUT2D eigenvalue weighted by molar-refractivity contribution is 6.42. The fourth-order valence-corrected chi connectivity index (χ4v) is 2.08. The number of nitrogen functional groups attached to an aromatic ring is 1. The molecule has 104 valence electrons. The second kappa shape index (κ2) is 6.16. The molecule has 0 bridgehead atoms. The number of benzene rings is 2. The Kier molecular flexibility index (Phi) is 4.53. The van der Waals surface area contributed by atoms with Crippen molar-refractivity contribution in [1.29, 1.82) is 0 Å². The molecule has 1 atom stereocenters. The maximum atomic E-state index is 12.1. The maximum Gasteiger partial charge on any atom is 0.251 e. The summed E-state index contributed by atoms with van der Waals surface area (Å²) in [5.74, 6) is -0.201. The number of halogens is 2. The van der Waals surface area contributed by atoms with Crippen molar-refractivity contribution in [3.63, 3.8) is 0 Å². The third-order valence-corrected chi connectivity index (χ3v) is 3.70. The lowest BCUT2D eigenvalue weighted by atomic mass is 10.1. The van der Waals surface area contributed by atoms with Gasteiger partial charge in [-0.25, -0.2) is 0 Å². The molecule has 1 unspecified atom stereocenters. The number of nitrogens with two attached hydrogens (primary N) is 1. The predicted molar refractivity (Wildman–Crippen MR) is 83.2 cm³/mol. The molecule has 0 radical (unpaired) electrons. The van der Waals surface area contributed by atoms with Crippen LogP contribution in [0.3, 0.4) is 0 Å². The van der Waals surface area contributed by atoms with Crippen LogP contribution in [0.25, 0.3) is 0 Å². The molecule has 3 N–H and O–H groups in total. The van der Waals surface area contributed by atoms with Crippen LogP contribution in [0.5, 0.6) is 0 Å². The molecule has 0 heterocycles. The van der Waals surface area contributed by atoms with Crippen LogP contribution in [-0.2, 0) is 0 Å². The van der Waals surface area contributed by atoms with E-state index in [-0.39, 0.29) is 11.9 Å². The summed E-state index contributed by atoms with van der Waals surface area (Å²) >= 11 is 11.7. The quantitative estimate of drug-likeness (QED) is 0.840. The van der Waals surface area contributed by atoms with Crippen molar-refractivity contribution in [2.24, 2.45) is 0 Å². The summed E-state index contributed by atoms with van der Waals surface area (Å²) in [7, 11) is 0. The summed E-state index contributed by atoms with van der Waals surface area (Å²) in [6.45, 7) is 1.90. The van der Waals surface area contributed by atoms with Gasteiger partial charge in [-0.2, -0.15) is 0 Å². The zero-order valence-corrected chi connectivity index (χ0v) is 12.4. The zero-order valence-electron chi connectivity index (χ0n) is 10.9. The standard InChI is InChI=1S/C15H14Cl2N2O/c1-9(10-2-5-12(18)6-3-10)19-15(20)11-4-7-13(16)14(17)8-11/h2-9H,18H2,1H3,(H,19,20). The van der Waals surface area contributed by atoms with Crippen LogP contribution < -0.4 is 11.1 Å². The van der Waals surface area contributed by atoms with Gasteiger partial charge in [-0.05, 0) is 42.8 Å². The summed E-state index contributed by atoms with van der Waals surface area (Å²) < 4.78 is 0. The molecule has 2 aromatic rings. The van der Waals surface area contributed by atoms with Gasteiger partial charge >= 0.3 is 0 Å². The summed E-state index contributed by atoms with van der Waals surface area (Å²) in [6.07, 6.45) is 0. The highest BCUT2D eigenvalue weighted by Crippen LogP contribution is 2.23. The topological polar surface area (TPSA) is 55.1 Å². The van der Waals surface area contributed by atoms with E-state index in [4.69, 9.17) is 28.9 Å². The first-order valence-electron chi connectivity index (χ1n) is 6.08. The van der Waals surface area contributed by atoms with Gasteiger partial charge in [0.2, 0.25) is 0 Å². The number of hydrogen-bond donors (Lipinski definition) is 2. The Labute approximate surface area is 127 Å². The molecule has 0 aliphatic rings. The number of anilines is 1. The molecule has 3 nitrogen and oxygen atoms in total. The molecule has 0 fully saturated rings. The lowest BCUT2D eigenvalue weighted by Crippen LogP contribution is -2.26. The van der Waals surface area contributed by atoms with Gasteiger partial charge in [-0.3, -0.25) is 4.79 Å². The SMILES string of the molecule is CC(NC(=O)c1ccc(Cl)c(Cl)c1)c1ccc(N)cc1. The molecule has 0 saturated heterocycles. The summed E-state index contributed by atoms with van der Waals surface area (Å²) in [5.41, 5.74) is 7.78. The van der Waals surface area contributed by atoms with Gasteiger partial charge in [-0.1, -0.05) is 35.3 Å². The molecular formula is C15H14Cl2N2O. The molecule has 1 amide bonds. The van der Waals surface area contributed by atoms with Crippen molar-refractivity contribution < 1.29 is 4.79 Å². The molecular weight excluding hydrogens is 295 g/mol. The van der Waals surface area contributed by atoms with Crippen LogP contribution in [0, 0.1) is 0 Å². The number of carbonyl (C=O) groups excluding carboxylic acids is 1. The number of hydrogen-bond acceptors (Lipinski definition) is 2. The Morgan fingerprint density at radius 2 is 1.75 bits per heavy atom. The van der Waals surface area contributed by atoms with Crippen LogP contribution in [0.4, 0.5) is 5.69 Å². The number of rotatable bonds is 3. The molecule has 5 heteroatoms. The van der Waals surface area contributed by atoms with Gasteiger partial charge < -0.3 is 11.1 Å². The van der Waals surface area contributed by atoms with E-state index in [1.54, 1.807) is 30.3 Å². The highest BCUT2D eigenvalue weighted by Gasteiger charge is 2.12. The number of carbonyl (C=O) groups is 1. The van der Waals surface area contributed by atoms with Gasteiger partial charge in [0, 0.05) is 11.3 Å². The molecule has 2 aromatic carbocycles. The summed E-state index contributed by atoms with van der Waals surface area (Å²) in [4.78, 5) is 12.1. The van der Waals surface area contributed by atoms with Gasteiger partial charge in [-0.15, -0.1) is 0 Å². The highest BCUT2D eigenvalue weighted by atomic mass is 35.5. The first kappa shape index (κ1) is 14.7. The first-order chi connectivity index (χ1) is 9.47. The third-order valence-electron chi connectivity index (χ3n) is 2.97. The fourth-order valence-electron chi connectivity index (χ4n) is 1.79. The average molecular weight is 309 g/mol. The van der Waals surface area contributed by atoms with Crippen LogP contribution >= 0.6 is 23.2 Å². The van der Waals surface area contributed by atoms with Crippen molar-refractivity contribution in [3.8, 4) is 0 Å². The molecule has 0 aromatic heterocycles. The third kappa shape index (κ3) is 3.44. The summed E-state index contributed by atoms with van der Waals surface area (Å²) in [5, 5.41) is 3.68. The van der Waals surface area contributed by atoms with Crippen LogP contribution in [0.1, 0.15) is 28.9 Å². The molecule has 0 aliphatic carbocycles. The van der Waals surface area contributed by atoms with E-state index in [1.807, 2.05) is 19.1 Å². The van der Waals surface area contributed by atoms with Crippen LogP contribution in [0.15, 0.2) is 42.5 Å². The van der Waals surface area contributed by atoms with E-state index in [0.29, 0.717) is 21.3 Å². The molecule has 0 spiro atoms. The maximum absolute atomic E-state index is 12.1. The Morgan fingerprint density at radius 1 is 1.10 bits per heavy atom. The Hall–Kier alpha value is -1.71. The van der Waals surface area contributed by atoms with Crippen LogP contribution in [-0.4, -0.2) is 5.91 Å². The van der Waals surface area contributed by atoms with Crippen molar-refractivity contribution in [3.05, 3.63) is 63.6 Å². The van der Waals surface area contributed by atoms with E-state index in [2.05, 4.69) is 5.32 Å². The Balaban J connectivity index is 2.10. The Morgan fingerprint density at radius 3 is 2.35 bits per heavy atom. The monoisotopic (exact) mass is 308 g/mol. The minimum absolute atomic E-state index is 0.127. The van der Waals surface area contributed by atoms with E-state index in [1.165, 1.54) is 0 Å². The summed E-state index contributed by atoms with van der Waals surface area (Å²) in [6, 6.07) is 12.0. The minimum atomic E-state index is -0.201. The largest absolute Gasteiger partial charge is 0.399 e. The molecule has 20 heavy (non-hydrogen) atoms. The molecule has 0 saturated carbocycles. The lowest BCUT2D eigenvalue weighted by molar-refractivity contribution is 0.0940. The fraction of sp³-hybridized carbons (Fsp3) is 0.133. The average Bonchev–Trinajstić information content (AvgIpc) is 2.42. The van der Waals surface area contributed by atoms with Gasteiger partial charge in [0.1, 0.15) is 0 Å². The van der Waals surface area contributed by atoms with E-state index >= 15 is 0 Å². The second-order valence-corrected chi connectivity index (χ2v) is 5.31. The number of amides is 1. The van der Waals surface area contributed by atoms with E-state index in [9.17, 15) is 4.79 Å². The van der Waals surface area contributed by atoms with Crippen molar-refractivity contribution in [1.82, 2.24) is 5.32 Å². The number of nitrogens with one attached hydrogen (secondary N) is 1. The Bertz CT molecular complexity index is 626. The van der Waals surface area contributed by atoms with Crippen molar-refractivity contribution in [2.45, 2.75) is 13.0 Å². The van der Waals surface area contributed by atoms with Gasteiger partial charge in [0.15, 0.2) is 0 Å². The lowest BCUT2D eigenvalue weighted by Gasteiger charge is -2.15.